The molecule has 1 N–H and O–H groups in total. The molecule has 1 fully saturated rings. The highest BCUT2D eigenvalue weighted by Gasteiger charge is 2.28. The van der Waals surface area contributed by atoms with E-state index in [-0.39, 0.29) is 11.9 Å². The van der Waals surface area contributed by atoms with E-state index < -0.39 is 0 Å². The highest BCUT2D eigenvalue weighted by molar-refractivity contribution is 6.30. The Balaban J connectivity index is 1.96. The first kappa shape index (κ1) is 15.3. The Morgan fingerprint density at radius 2 is 1.80 bits per heavy atom. The van der Waals surface area contributed by atoms with Crippen molar-refractivity contribution in [3.05, 3.63) is 29.3 Å². The third-order valence-electron chi connectivity index (χ3n) is 3.94. The third-order valence-corrected chi connectivity index (χ3v) is 4.19. The summed E-state index contributed by atoms with van der Waals surface area (Å²) in [4.78, 5) is 14.6. The Morgan fingerprint density at radius 3 is 2.35 bits per heavy atom. The first-order chi connectivity index (χ1) is 9.45. The van der Waals surface area contributed by atoms with E-state index in [1.807, 2.05) is 19.1 Å². The van der Waals surface area contributed by atoms with Crippen molar-refractivity contribution in [1.82, 2.24) is 4.90 Å². The van der Waals surface area contributed by atoms with Crippen LogP contribution in [0.2, 0.25) is 5.02 Å². The normalized spacial score (nSPS) is 25.2. The summed E-state index contributed by atoms with van der Waals surface area (Å²) in [5.74, 6) is 1.36. The van der Waals surface area contributed by atoms with Gasteiger partial charge in [0.25, 0.3) is 0 Å². The van der Waals surface area contributed by atoms with Gasteiger partial charge in [-0.15, -0.1) is 0 Å². The quantitative estimate of drug-likeness (QED) is 0.923. The summed E-state index contributed by atoms with van der Waals surface area (Å²) in [7, 11) is 0. The van der Waals surface area contributed by atoms with Crippen molar-refractivity contribution < 1.29 is 4.79 Å². The molecule has 0 aliphatic carbocycles. The Hall–Kier alpha value is -1.06. The number of rotatable bonds is 3. The van der Waals surface area contributed by atoms with Crippen LogP contribution in [-0.2, 0) is 4.79 Å². The highest BCUT2D eigenvalue weighted by Crippen LogP contribution is 2.23. The van der Waals surface area contributed by atoms with Crippen LogP contribution >= 0.6 is 11.6 Å². The number of likely N-dealkylation sites (tertiary alicyclic amines) is 1. The van der Waals surface area contributed by atoms with Gasteiger partial charge in [-0.05, 0) is 49.4 Å². The van der Waals surface area contributed by atoms with Crippen LogP contribution in [0.1, 0.15) is 27.2 Å². The van der Waals surface area contributed by atoms with E-state index in [0.29, 0.717) is 16.9 Å². The minimum Gasteiger partial charge on any atom is -0.325 e. The summed E-state index contributed by atoms with van der Waals surface area (Å²) < 4.78 is 0. The number of hydrogen-bond donors (Lipinski definition) is 1. The van der Waals surface area contributed by atoms with Crippen molar-refractivity contribution in [3.63, 3.8) is 0 Å². The fourth-order valence-corrected chi connectivity index (χ4v) is 3.10. The Labute approximate surface area is 126 Å². The molecule has 3 nitrogen and oxygen atoms in total. The lowest BCUT2D eigenvalue weighted by atomic mass is 9.91. The van der Waals surface area contributed by atoms with Gasteiger partial charge in [0, 0.05) is 23.8 Å². The second kappa shape index (κ2) is 6.59. The molecule has 1 amide bonds. The summed E-state index contributed by atoms with van der Waals surface area (Å²) in [5.41, 5.74) is 0.796. The molecule has 1 saturated heterocycles. The van der Waals surface area contributed by atoms with Gasteiger partial charge in [-0.1, -0.05) is 25.4 Å². The van der Waals surface area contributed by atoms with Crippen molar-refractivity contribution in [2.45, 2.75) is 33.2 Å². The number of benzene rings is 1. The lowest BCUT2D eigenvalue weighted by Crippen LogP contribution is -2.48. The number of piperidine rings is 1. The molecular weight excluding hydrogens is 272 g/mol. The van der Waals surface area contributed by atoms with Gasteiger partial charge in [-0.25, -0.2) is 0 Å². The Bertz CT molecular complexity index is 450. The molecule has 1 aliphatic heterocycles. The number of carbonyl (C=O) groups is 1. The van der Waals surface area contributed by atoms with Gasteiger partial charge in [0.15, 0.2) is 0 Å². The maximum absolute atomic E-state index is 12.3. The van der Waals surface area contributed by atoms with Gasteiger partial charge < -0.3 is 5.32 Å². The molecule has 3 atom stereocenters. The van der Waals surface area contributed by atoms with E-state index in [0.717, 1.165) is 18.8 Å². The lowest BCUT2D eigenvalue weighted by molar-refractivity contribution is -0.121. The maximum atomic E-state index is 12.3. The summed E-state index contributed by atoms with van der Waals surface area (Å²) >= 11 is 5.84. The monoisotopic (exact) mass is 294 g/mol. The molecule has 0 spiro atoms. The molecule has 1 aromatic rings. The molecule has 110 valence electrons. The predicted molar refractivity (Wildman–Crippen MR) is 84.1 cm³/mol. The average molecular weight is 295 g/mol. The zero-order valence-electron chi connectivity index (χ0n) is 12.4. The first-order valence-electron chi connectivity index (χ1n) is 7.26. The maximum Gasteiger partial charge on any atom is 0.241 e. The van der Waals surface area contributed by atoms with Crippen LogP contribution in [0.4, 0.5) is 5.69 Å². The molecule has 4 heteroatoms. The fourth-order valence-electron chi connectivity index (χ4n) is 2.97. The van der Waals surface area contributed by atoms with Crippen LogP contribution in [0.15, 0.2) is 24.3 Å². The van der Waals surface area contributed by atoms with Gasteiger partial charge in [0.2, 0.25) is 5.91 Å². The van der Waals surface area contributed by atoms with Gasteiger partial charge in [-0.3, -0.25) is 9.69 Å². The van der Waals surface area contributed by atoms with Crippen LogP contribution in [0.3, 0.4) is 0 Å². The van der Waals surface area contributed by atoms with E-state index in [9.17, 15) is 4.79 Å². The van der Waals surface area contributed by atoms with E-state index in [4.69, 9.17) is 11.6 Å². The van der Waals surface area contributed by atoms with E-state index in [2.05, 4.69) is 24.1 Å². The Kier molecular flexibility index (Phi) is 5.06. The molecule has 0 aromatic heterocycles. The number of halogens is 1. The van der Waals surface area contributed by atoms with E-state index in [1.165, 1.54) is 6.42 Å². The second-order valence-electron chi connectivity index (χ2n) is 6.07. The number of hydrogen-bond acceptors (Lipinski definition) is 2. The van der Waals surface area contributed by atoms with Crippen molar-refractivity contribution >= 4 is 23.2 Å². The van der Waals surface area contributed by atoms with Crippen molar-refractivity contribution in [1.29, 1.82) is 0 Å². The Morgan fingerprint density at radius 1 is 1.25 bits per heavy atom. The number of anilines is 1. The fraction of sp³-hybridized carbons (Fsp3) is 0.562. The summed E-state index contributed by atoms with van der Waals surface area (Å²) in [6.45, 7) is 8.49. The third kappa shape index (κ3) is 3.97. The molecular formula is C16H23ClN2O. The SMILES string of the molecule is C[C@@H]1C[C@H](C)CN([C@H](C)C(=O)Nc2ccc(Cl)cc2)C1. The van der Waals surface area contributed by atoms with Gasteiger partial charge in [0.05, 0.1) is 6.04 Å². The average Bonchev–Trinajstić information content (AvgIpc) is 2.39. The van der Waals surface area contributed by atoms with Gasteiger partial charge in [-0.2, -0.15) is 0 Å². The number of nitrogens with zero attached hydrogens (tertiary/aromatic N) is 1. The van der Waals surface area contributed by atoms with E-state index >= 15 is 0 Å². The largest absolute Gasteiger partial charge is 0.325 e. The summed E-state index contributed by atoms with van der Waals surface area (Å²) in [6.07, 6.45) is 1.25. The van der Waals surface area contributed by atoms with Crippen LogP contribution in [0.25, 0.3) is 0 Å². The molecule has 2 rings (SSSR count). The van der Waals surface area contributed by atoms with Crippen molar-refractivity contribution in [2.75, 3.05) is 18.4 Å². The topological polar surface area (TPSA) is 32.3 Å². The molecule has 0 bridgehead atoms. The minimum absolute atomic E-state index is 0.0497. The molecule has 1 aromatic carbocycles. The van der Waals surface area contributed by atoms with Crippen molar-refractivity contribution in [2.24, 2.45) is 11.8 Å². The molecule has 20 heavy (non-hydrogen) atoms. The van der Waals surface area contributed by atoms with Crippen LogP contribution in [0.5, 0.6) is 0 Å². The minimum atomic E-state index is -0.101. The second-order valence-corrected chi connectivity index (χ2v) is 6.51. The standard InChI is InChI=1S/C16H23ClN2O/c1-11-8-12(2)10-19(9-11)13(3)16(20)18-15-6-4-14(17)5-7-15/h4-7,11-13H,8-10H2,1-3H3,(H,18,20)/t11-,12+,13-/m1/s1. The number of carbonyl (C=O) groups excluding carboxylic acids is 1. The zero-order chi connectivity index (χ0) is 14.7. The number of amides is 1. The van der Waals surface area contributed by atoms with Gasteiger partial charge >= 0.3 is 0 Å². The zero-order valence-corrected chi connectivity index (χ0v) is 13.2. The number of nitrogens with one attached hydrogen (secondary N) is 1. The van der Waals surface area contributed by atoms with Crippen LogP contribution < -0.4 is 5.32 Å². The predicted octanol–water partition coefficient (Wildman–Crippen LogP) is 3.64. The smallest absolute Gasteiger partial charge is 0.241 e. The molecule has 0 unspecified atom stereocenters. The van der Waals surface area contributed by atoms with Gasteiger partial charge in [0.1, 0.15) is 0 Å². The molecule has 1 aliphatic rings. The van der Waals surface area contributed by atoms with Crippen LogP contribution in [-0.4, -0.2) is 29.9 Å². The molecule has 0 radical (unpaired) electrons. The molecule has 1 heterocycles. The van der Waals surface area contributed by atoms with Crippen molar-refractivity contribution in [3.8, 4) is 0 Å². The summed E-state index contributed by atoms with van der Waals surface area (Å²) in [5, 5.41) is 3.63. The first-order valence-corrected chi connectivity index (χ1v) is 7.64. The lowest BCUT2D eigenvalue weighted by Gasteiger charge is -2.38. The summed E-state index contributed by atoms with van der Waals surface area (Å²) in [6, 6.07) is 7.12. The van der Waals surface area contributed by atoms with E-state index in [1.54, 1.807) is 12.1 Å². The van der Waals surface area contributed by atoms with Crippen LogP contribution in [0, 0.1) is 11.8 Å². The molecule has 0 saturated carbocycles. The highest BCUT2D eigenvalue weighted by atomic mass is 35.5.